The number of carbonyl (C=O) groups excluding carboxylic acids is 1. The SMILES string of the molecule is CC(C)(C)OC(=O)N1CC(NCc2cnc3ccccc3n2)C1. The molecule has 0 aliphatic carbocycles. The van der Waals surface area contributed by atoms with Crippen molar-refractivity contribution in [1.29, 1.82) is 0 Å². The fourth-order valence-corrected chi connectivity index (χ4v) is 2.41. The van der Waals surface area contributed by atoms with E-state index in [2.05, 4.69) is 15.3 Å². The van der Waals surface area contributed by atoms with Gasteiger partial charge in [-0.15, -0.1) is 0 Å². The number of hydrogen-bond acceptors (Lipinski definition) is 5. The summed E-state index contributed by atoms with van der Waals surface area (Å²) in [6, 6.07) is 8.09. The first-order chi connectivity index (χ1) is 10.9. The zero-order valence-corrected chi connectivity index (χ0v) is 13.7. The molecule has 1 aromatic carbocycles. The molecule has 6 nitrogen and oxygen atoms in total. The van der Waals surface area contributed by atoms with Crippen LogP contribution in [0.2, 0.25) is 0 Å². The Balaban J connectivity index is 1.48. The first-order valence-corrected chi connectivity index (χ1v) is 7.83. The summed E-state index contributed by atoms with van der Waals surface area (Å²) in [6.45, 7) is 7.59. The van der Waals surface area contributed by atoms with Crippen LogP contribution in [0.4, 0.5) is 4.79 Å². The molecular formula is C17H22N4O2. The van der Waals surface area contributed by atoms with Crippen LogP contribution in [0.15, 0.2) is 30.5 Å². The van der Waals surface area contributed by atoms with Gasteiger partial charge in [-0.1, -0.05) is 12.1 Å². The summed E-state index contributed by atoms with van der Waals surface area (Å²) in [5.74, 6) is 0. The molecule has 1 aliphatic rings. The van der Waals surface area contributed by atoms with Crippen molar-refractivity contribution in [1.82, 2.24) is 20.2 Å². The summed E-state index contributed by atoms with van der Waals surface area (Å²) in [7, 11) is 0. The van der Waals surface area contributed by atoms with Crippen molar-refractivity contribution in [3.8, 4) is 0 Å². The van der Waals surface area contributed by atoms with E-state index in [0.717, 1.165) is 16.7 Å². The van der Waals surface area contributed by atoms with E-state index in [1.807, 2.05) is 45.0 Å². The molecule has 0 unspecified atom stereocenters. The van der Waals surface area contributed by atoms with Crippen molar-refractivity contribution in [2.45, 2.75) is 39.0 Å². The second-order valence-corrected chi connectivity index (χ2v) is 6.81. The molecule has 1 amide bonds. The second kappa shape index (κ2) is 6.12. The van der Waals surface area contributed by atoms with Gasteiger partial charge in [0.1, 0.15) is 5.60 Å². The monoisotopic (exact) mass is 314 g/mol. The molecule has 1 aliphatic heterocycles. The number of para-hydroxylation sites is 2. The van der Waals surface area contributed by atoms with Gasteiger partial charge in [0.15, 0.2) is 0 Å². The van der Waals surface area contributed by atoms with Crippen molar-refractivity contribution in [2.75, 3.05) is 13.1 Å². The lowest BCUT2D eigenvalue weighted by Crippen LogP contribution is -2.60. The number of fused-ring (bicyclic) bond motifs is 1. The normalized spacial score (nSPS) is 15.5. The summed E-state index contributed by atoms with van der Waals surface area (Å²) in [5, 5.41) is 3.40. The quantitative estimate of drug-likeness (QED) is 0.942. The molecule has 0 bridgehead atoms. The fourth-order valence-electron chi connectivity index (χ4n) is 2.41. The lowest BCUT2D eigenvalue weighted by Gasteiger charge is -2.40. The van der Waals surface area contributed by atoms with Gasteiger partial charge in [-0.05, 0) is 32.9 Å². The number of nitrogens with zero attached hydrogens (tertiary/aromatic N) is 3. The first-order valence-electron chi connectivity index (χ1n) is 7.83. The minimum absolute atomic E-state index is 0.249. The van der Waals surface area contributed by atoms with Crippen LogP contribution >= 0.6 is 0 Å². The van der Waals surface area contributed by atoms with Gasteiger partial charge in [0.05, 0.1) is 22.9 Å². The Morgan fingerprint density at radius 1 is 1.30 bits per heavy atom. The third kappa shape index (κ3) is 3.96. The van der Waals surface area contributed by atoms with E-state index in [0.29, 0.717) is 19.6 Å². The molecule has 122 valence electrons. The van der Waals surface area contributed by atoms with E-state index < -0.39 is 5.60 Å². The lowest BCUT2D eigenvalue weighted by molar-refractivity contribution is 0.00516. The second-order valence-electron chi connectivity index (χ2n) is 6.81. The standard InChI is InChI=1S/C17H22N4O2/c1-17(2,3)23-16(22)21-10-13(11-21)18-8-12-9-19-14-6-4-5-7-15(14)20-12/h4-7,9,13,18H,8,10-11H2,1-3H3. The summed E-state index contributed by atoms with van der Waals surface area (Å²) >= 11 is 0. The predicted molar refractivity (Wildman–Crippen MR) is 88.0 cm³/mol. The summed E-state index contributed by atoms with van der Waals surface area (Å²) < 4.78 is 5.34. The zero-order chi connectivity index (χ0) is 16.4. The van der Waals surface area contributed by atoms with Crippen LogP contribution in [0.5, 0.6) is 0 Å². The van der Waals surface area contributed by atoms with Crippen LogP contribution in [0.3, 0.4) is 0 Å². The number of hydrogen-bond donors (Lipinski definition) is 1. The van der Waals surface area contributed by atoms with E-state index in [9.17, 15) is 4.79 Å². The van der Waals surface area contributed by atoms with Gasteiger partial charge in [0, 0.05) is 25.7 Å². The van der Waals surface area contributed by atoms with Gasteiger partial charge in [0.25, 0.3) is 0 Å². The third-order valence-corrected chi connectivity index (χ3v) is 3.60. The van der Waals surface area contributed by atoms with Gasteiger partial charge in [-0.3, -0.25) is 4.98 Å². The Morgan fingerprint density at radius 3 is 2.70 bits per heavy atom. The smallest absolute Gasteiger partial charge is 0.410 e. The number of likely N-dealkylation sites (tertiary alicyclic amines) is 1. The minimum atomic E-state index is -0.448. The molecule has 1 N–H and O–H groups in total. The number of carbonyl (C=O) groups is 1. The maximum Gasteiger partial charge on any atom is 0.410 e. The van der Waals surface area contributed by atoms with Gasteiger partial charge in [-0.25, -0.2) is 9.78 Å². The average Bonchev–Trinajstić information content (AvgIpc) is 2.43. The zero-order valence-electron chi connectivity index (χ0n) is 13.7. The van der Waals surface area contributed by atoms with Crippen molar-refractivity contribution in [3.63, 3.8) is 0 Å². The molecule has 1 saturated heterocycles. The van der Waals surface area contributed by atoms with Crippen LogP contribution in [0, 0.1) is 0 Å². The number of amides is 1. The maximum atomic E-state index is 11.9. The van der Waals surface area contributed by atoms with Crippen LogP contribution < -0.4 is 5.32 Å². The number of rotatable bonds is 3. The number of nitrogens with one attached hydrogen (secondary N) is 1. The molecule has 1 aromatic heterocycles. The number of benzene rings is 1. The molecule has 3 rings (SSSR count). The highest BCUT2D eigenvalue weighted by Crippen LogP contribution is 2.15. The first kappa shape index (κ1) is 15.7. The van der Waals surface area contributed by atoms with Crippen LogP contribution in [-0.2, 0) is 11.3 Å². The Morgan fingerprint density at radius 2 is 2.00 bits per heavy atom. The molecule has 1 fully saturated rings. The minimum Gasteiger partial charge on any atom is -0.444 e. The van der Waals surface area contributed by atoms with Gasteiger partial charge < -0.3 is 15.0 Å². The lowest BCUT2D eigenvalue weighted by atomic mass is 10.1. The van der Waals surface area contributed by atoms with Crippen molar-refractivity contribution >= 4 is 17.1 Å². The van der Waals surface area contributed by atoms with E-state index in [-0.39, 0.29) is 12.1 Å². The molecule has 0 spiro atoms. The molecule has 2 aromatic rings. The summed E-state index contributed by atoms with van der Waals surface area (Å²) in [5.41, 5.74) is 2.25. The van der Waals surface area contributed by atoms with Crippen molar-refractivity contribution in [2.24, 2.45) is 0 Å². The maximum absolute atomic E-state index is 11.9. The molecule has 0 atom stereocenters. The van der Waals surface area contributed by atoms with Gasteiger partial charge in [-0.2, -0.15) is 0 Å². The predicted octanol–water partition coefficient (Wildman–Crippen LogP) is 2.34. The average molecular weight is 314 g/mol. The summed E-state index contributed by atoms with van der Waals surface area (Å²) in [6.07, 6.45) is 1.54. The van der Waals surface area contributed by atoms with E-state index in [1.54, 1.807) is 11.1 Å². The number of ether oxygens (including phenoxy) is 1. The Labute approximate surface area is 135 Å². The van der Waals surface area contributed by atoms with Crippen molar-refractivity contribution < 1.29 is 9.53 Å². The Bertz CT molecular complexity index is 705. The third-order valence-electron chi connectivity index (χ3n) is 3.60. The van der Waals surface area contributed by atoms with E-state index >= 15 is 0 Å². The fraction of sp³-hybridized carbons (Fsp3) is 0.471. The van der Waals surface area contributed by atoms with Crippen LogP contribution in [-0.4, -0.2) is 45.7 Å². The number of aromatic nitrogens is 2. The molecule has 2 heterocycles. The molecule has 0 saturated carbocycles. The van der Waals surface area contributed by atoms with Gasteiger partial charge in [0.2, 0.25) is 0 Å². The molecule has 0 radical (unpaired) electrons. The molecule has 23 heavy (non-hydrogen) atoms. The van der Waals surface area contributed by atoms with Crippen molar-refractivity contribution in [3.05, 3.63) is 36.2 Å². The Kier molecular flexibility index (Phi) is 4.17. The van der Waals surface area contributed by atoms with Gasteiger partial charge >= 0.3 is 6.09 Å². The highest BCUT2D eigenvalue weighted by Gasteiger charge is 2.33. The van der Waals surface area contributed by atoms with Crippen LogP contribution in [0.1, 0.15) is 26.5 Å². The summed E-state index contributed by atoms with van der Waals surface area (Å²) in [4.78, 5) is 22.5. The highest BCUT2D eigenvalue weighted by atomic mass is 16.6. The topological polar surface area (TPSA) is 67.3 Å². The Hall–Kier alpha value is -2.21. The molecule has 6 heteroatoms. The van der Waals surface area contributed by atoms with E-state index in [4.69, 9.17) is 4.74 Å². The highest BCUT2D eigenvalue weighted by molar-refractivity contribution is 5.73. The van der Waals surface area contributed by atoms with Crippen LogP contribution in [0.25, 0.3) is 11.0 Å². The van der Waals surface area contributed by atoms with E-state index in [1.165, 1.54) is 0 Å². The largest absolute Gasteiger partial charge is 0.444 e. The molecular weight excluding hydrogens is 292 g/mol.